The standard InChI is InChI=1S/C22H22F3N7O/c1-14-9-30(10-16-8-26-6-7-27-16)11-18(14)20-28-19-12-31(13-32(19)21(33)29-20)17-4-2-15(3-5-17)22(23,24)25/h2-8,12,14,18H,9-11,13H2,1H3,(H,28,29,33). The fourth-order valence-corrected chi connectivity index (χ4v) is 4.43. The average Bonchev–Trinajstić information content (AvgIpc) is 3.37. The van der Waals surface area contributed by atoms with Crippen LogP contribution < -0.4 is 10.2 Å². The Morgan fingerprint density at radius 1 is 1.15 bits per heavy atom. The Balaban J connectivity index is 1.32. The predicted molar refractivity (Wildman–Crippen MR) is 115 cm³/mol. The van der Waals surface area contributed by atoms with Gasteiger partial charge in [0.25, 0.3) is 0 Å². The third-order valence-electron chi connectivity index (χ3n) is 6.12. The molecule has 3 aliphatic heterocycles. The zero-order chi connectivity index (χ0) is 23.2. The summed E-state index contributed by atoms with van der Waals surface area (Å²) >= 11 is 0. The molecular formula is C22H22F3N7O. The Kier molecular flexibility index (Phi) is 5.28. The fourth-order valence-electron chi connectivity index (χ4n) is 4.43. The molecule has 2 aromatic rings. The number of amidine groups is 1. The highest BCUT2D eigenvalue weighted by atomic mass is 19.4. The second-order valence-corrected chi connectivity index (χ2v) is 8.47. The van der Waals surface area contributed by atoms with Crippen LogP contribution in [0, 0.1) is 11.8 Å². The molecule has 2 amide bonds. The van der Waals surface area contributed by atoms with E-state index >= 15 is 0 Å². The summed E-state index contributed by atoms with van der Waals surface area (Å²) in [6.07, 6.45) is 2.35. The third-order valence-corrected chi connectivity index (χ3v) is 6.12. The van der Waals surface area contributed by atoms with Gasteiger partial charge in [-0.3, -0.25) is 25.1 Å². The fraction of sp³-hybridized carbons (Fsp3) is 0.364. The monoisotopic (exact) mass is 457 g/mol. The van der Waals surface area contributed by atoms with E-state index in [9.17, 15) is 18.0 Å². The molecular weight excluding hydrogens is 435 g/mol. The second kappa shape index (κ2) is 8.14. The van der Waals surface area contributed by atoms with E-state index in [2.05, 4.69) is 27.1 Å². The van der Waals surface area contributed by atoms with E-state index in [1.54, 1.807) is 29.7 Å². The Morgan fingerprint density at radius 3 is 2.64 bits per heavy atom. The number of amides is 2. The number of aliphatic imine (C=N–C) groups is 1. The van der Waals surface area contributed by atoms with Crippen LogP contribution in [0.3, 0.4) is 0 Å². The SMILES string of the molecule is CC1CN(Cc2cnccn2)CC1C1=NC2=CN(c3ccc(C(F)(F)F)cc3)CN2C(=O)N1. The molecule has 33 heavy (non-hydrogen) atoms. The quantitative estimate of drug-likeness (QED) is 0.763. The van der Waals surface area contributed by atoms with Gasteiger partial charge in [-0.05, 0) is 30.2 Å². The van der Waals surface area contributed by atoms with Crippen LogP contribution in [-0.2, 0) is 12.7 Å². The summed E-state index contributed by atoms with van der Waals surface area (Å²) in [7, 11) is 0. The summed E-state index contributed by atoms with van der Waals surface area (Å²) in [5.74, 6) is 1.42. The number of hydrogen-bond acceptors (Lipinski definition) is 6. The molecule has 5 rings (SSSR count). The largest absolute Gasteiger partial charge is 0.416 e. The Labute approximate surface area is 188 Å². The minimum absolute atomic E-state index is 0.0498. The molecule has 0 aliphatic carbocycles. The van der Waals surface area contributed by atoms with Crippen LogP contribution in [0.25, 0.3) is 0 Å². The molecule has 0 saturated carbocycles. The van der Waals surface area contributed by atoms with Gasteiger partial charge in [0.05, 0.1) is 11.3 Å². The first-order valence-corrected chi connectivity index (χ1v) is 10.6. The molecule has 1 aromatic heterocycles. The topological polar surface area (TPSA) is 77.0 Å². The number of benzene rings is 1. The summed E-state index contributed by atoms with van der Waals surface area (Å²) < 4.78 is 38.5. The number of anilines is 1. The first-order valence-electron chi connectivity index (χ1n) is 10.6. The maximum Gasteiger partial charge on any atom is 0.416 e. The van der Waals surface area contributed by atoms with Gasteiger partial charge in [0.15, 0.2) is 5.82 Å². The molecule has 0 bridgehead atoms. The van der Waals surface area contributed by atoms with E-state index in [1.165, 1.54) is 17.0 Å². The molecule has 1 N–H and O–H groups in total. The Hall–Kier alpha value is -3.47. The molecule has 4 heterocycles. The van der Waals surface area contributed by atoms with Gasteiger partial charge in [-0.2, -0.15) is 13.2 Å². The number of nitrogens with one attached hydrogen (secondary N) is 1. The zero-order valence-electron chi connectivity index (χ0n) is 17.8. The molecule has 3 aliphatic rings. The van der Waals surface area contributed by atoms with Crippen molar-refractivity contribution < 1.29 is 18.0 Å². The Bertz CT molecular complexity index is 1100. The predicted octanol–water partition coefficient (Wildman–Crippen LogP) is 3.26. The van der Waals surface area contributed by atoms with Crippen molar-refractivity contribution in [1.29, 1.82) is 0 Å². The van der Waals surface area contributed by atoms with Gasteiger partial charge in [0.1, 0.15) is 12.5 Å². The van der Waals surface area contributed by atoms with Gasteiger partial charge in [0, 0.05) is 56.0 Å². The van der Waals surface area contributed by atoms with Crippen molar-refractivity contribution in [3.63, 3.8) is 0 Å². The van der Waals surface area contributed by atoms with Crippen LogP contribution in [0.15, 0.2) is 59.9 Å². The lowest BCUT2D eigenvalue weighted by Crippen LogP contribution is -2.49. The summed E-state index contributed by atoms with van der Waals surface area (Å²) in [5.41, 5.74) is 0.728. The first-order chi connectivity index (χ1) is 15.8. The van der Waals surface area contributed by atoms with Crippen molar-refractivity contribution in [2.75, 3.05) is 24.7 Å². The van der Waals surface area contributed by atoms with Gasteiger partial charge in [-0.25, -0.2) is 9.79 Å². The molecule has 2 unspecified atom stereocenters. The summed E-state index contributed by atoms with van der Waals surface area (Å²) in [6.45, 7) is 4.55. The van der Waals surface area contributed by atoms with Crippen molar-refractivity contribution in [2.45, 2.75) is 19.6 Å². The molecule has 0 spiro atoms. The first kappa shape index (κ1) is 21.4. The minimum Gasteiger partial charge on any atom is -0.326 e. The molecule has 1 aromatic carbocycles. The van der Waals surface area contributed by atoms with Gasteiger partial charge in [-0.1, -0.05) is 6.92 Å². The maximum atomic E-state index is 12.8. The molecule has 1 fully saturated rings. The highest BCUT2D eigenvalue weighted by Crippen LogP contribution is 2.33. The van der Waals surface area contributed by atoms with Gasteiger partial charge < -0.3 is 4.90 Å². The number of rotatable bonds is 4. The highest BCUT2D eigenvalue weighted by molar-refractivity contribution is 6.02. The number of likely N-dealkylation sites (tertiary alicyclic amines) is 1. The van der Waals surface area contributed by atoms with Crippen molar-refractivity contribution >= 4 is 17.6 Å². The third kappa shape index (κ3) is 4.28. The molecule has 2 atom stereocenters. The van der Waals surface area contributed by atoms with E-state index in [4.69, 9.17) is 4.99 Å². The lowest BCUT2D eigenvalue weighted by molar-refractivity contribution is -0.137. The highest BCUT2D eigenvalue weighted by Gasteiger charge is 2.39. The number of fused-ring (bicyclic) bond motifs is 1. The van der Waals surface area contributed by atoms with Crippen LogP contribution in [-0.4, -0.2) is 51.4 Å². The minimum atomic E-state index is -4.39. The van der Waals surface area contributed by atoms with Crippen LogP contribution in [0.1, 0.15) is 18.2 Å². The number of alkyl halides is 3. The van der Waals surface area contributed by atoms with E-state index < -0.39 is 11.7 Å². The maximum absolute atomic E-state index is 12.8. The number of carbonyl (C=O) groups is 1. The number of hydrogen-bond donors (Lipinski definition) is 1. The summed E-state index contributed by atoms with van der Waals surface area (Å²) in [6, 6.07) is 4.56. The smallest absolute Gasteiger partial charge is 0.326 e. The van der Waals surface area contributed by atoms with Crippen LogP contribution in [0.2, 0.25) is 0 Å². The van der Waals surface area contributed by atoms with E-state index in [-0.39, 0.29) is 24.5 Å². The van der Waals surface area contributed by atoms with E-state index in [0.29, 0.717) is 23.9 Å². The van der Waals surface area contributed by atoms with Crippen molar-refractivity contribution in [2.24, 2.45) is 16.8 Å². The molecule has 11 heteroatoms. The van der Waals surface area contributed by atoms with Crippen molar-refractivity contribution in [1.82, 2.24) is 25.1 Å². The van der Waals surface area contributed by atoms with E-state index in [1.807, 2.05) is 0 Å². The van der Waals surface area contributed by atoms with Gasteiger partial charge in [-0.15, -0.1) is 0 Å². The van der Waals surface area contributed by atoms with Crippen molar-refractivity contribution in [3.05, 3.63) is 66.1 Å². The zero-order valence-corrected chi connectivity index (χ0v) is 17.8. The average molecular weight is 457 g/mol. The molecule has 0 radical (unpaired) electrons. The lowest BCUT2D eigenvalue weighted by Gasteiger charge is -2.28. The molecule has 1 saturated heterocycles. The summed E-state index contributed by atoms with van der Waals surface area (Å²) in [4.78, 5) is 31.3. The summed E-state index contributed by atoms with van der Waals surface area (Å²) in [5, 5.41) is 2.91. The Morgan fingerprint density at radius 2 is 1.94 bits per heavy atom. The van der Waals surface area contributed by atoms with Crippen molar-refractivity contribution in [3.8, 4) is 0 Å². The normalized spacial score (nSPS) is 23.3. The number of carbonyl (C=O) groups excluding carboxylic acids is 1. The van der Waals surface area contributed by atoms with Crippen LogP contribution in [0.5, 0.6) is 0 Å². The number of urea groups is 1. The number of nitrogens with zero attached hydrogens (tertiary/aromatic N) is 6. The second-order valence-electron chi connectivity index (χ2n) is 8.47. The van der Waals surface area contributed by atoms with Gasteiger partial charge in [0.2, 0.25) is 0 Å². The van der Waals surface area contributed by atoms with E-state index in [0.717, 1.165) is 30.9 Å². The molecule has 172 valence electrons. The molecule has 8 nitrogen and oxygen atoms in total. The van der Waals surface area contributed by atoms with Crippen LogP contribution >= 0.6 is 0 Å². The lowest BCUT2D eigenvalue weighted by atomic mass is 9.96. The number of halogens is 3. The van der Waals surface area contributed by atoms with Crippen LogP contribution in [0.4, 0.5) is 23.7 Å². The van der Waals surface area contributed by atoms with Gasteiger partial charge >= 0.3 is 12.2 Å². The number of aromatic nitrogens is 2.